The van der Waals surface area contributed by atoms with Crippen molar-refractivity contribution in [1.29, 1.82) is 5.26 Å². The minimum Gasteiger partial charge on any atom is -0.491 e. The fourth-order valence-corrected chi connectivity index (χ4v) is 3.15. The zero-order valence-corrected chi connectivity index (χ0v) is 14.8. The summed E-state index contributed by atoms with van der Waals surface area (Å²) >= 11 is 0. The zero-order chi connectivity index (χ0) is 18.7. The Hall–Kier alpha value is -1.72. The number of ether oxygens (including phenoxy) is 1. The number of aliphatic hydroxyl groups excluding tert-OH is 1. The average molecular weight is 361 g/mol. The molecular formula is C16H21F2NO4S. The van der Waals surface area contributed by atoms with Gasteiger partial charge in [0.2, 0.25) is 0 Å². The van der Waals surface area contributed by atoms with Crippen LogP contribution in [0.2, 0.25) is 0 Å². The van der Waals surface area contributed by atoms with Gasteiger partial charge in [0.15, 0.2) is 9.84 Å². The molecule has 0 heterocycles. The lowest BCUT2D eigenvalue weighted by Crippen LogP contribution is -2.23. The maximum atomic E-state index is 13.5. The Morgan fingerprint density at radius 2 is 1.96 bits per heavy atom. The van der Waals surface area contributed by atoms with Gasteiger partial charge in [-0.2, -0.15) is 5.26 Å². The summed E-state index contributed by atoms with van der Waals surface area (Å²) in [6.45, 7) is 4.49. The van der Waals surface area contributed by atoms with Crippen molar-refractivity contribution in [3.05, 3.63) is 23.3 Å². The molecule has 8 heteroatoms. The minimum atomic E-state index is -3.81. The van der Waals surface area contributed by atoms with E-state index in [0.29, 0.717) is 6.42 Å². The number of alkyl halides is 2. The fraction of sp³-hybridized carbons (Fsp3) is 0.562. The molecule has 0 bridgehead atoms. The van der Waals surface area contributed by atoms with E-state index >= 15 is 0 Å². The first-order valence-electron chi connectivity index (χ1n) is 7.34. The number of aliphatic hydroxyl groups is 1. The molecule has 0 spiro atoms. The molecule has 2 unspecified atom stereocenters. The summed E-state index contributed by atoms with van der Waals surface area (Å²) in [5.41, 5.74) is -1.90. The van der Waals surface area contributed by atoms with Gasteiger partial charge in [-0.1, -0.05) is 6.92 Å². The molecule has 1 aromatic rings. The molecule has 1 N–H and O–H groups in total. The largest absolute Gasteiger partial charge is 0.491 e. The van der Waals surface area contributed by atoms with Crippen LogP contribution in [0.1, 0.15) is 50.8 Å². The van der Waals surface area contributed by atoms with Gasteiger partial charge in [0.25, 0.3) is 6.43 Å². The maximum Gasteiger partial charge on any atom is 0.267 e. The van der Waals surface area contributed by atoms with Gasteiger partial charge in [-0.3, -0.25) is 0 Å². The van der Waals surface area contributed by atoms with Gasteiger partial charge >= 0.3 is 0 Å². The summed E-state index contributed by atoms with van der Waals surface area (Å²) in [5.74, 6) is -0.233. The minimum absolute atomic E-state index is 0.128. The van der Waals surface area contributed by atoms with Gasteiger partial charge in [-0.15, -0.1) is 0 Å². The second-order valence-corrected chi connectivity index (χ2v) is 7.94. The highest BCUT2D eigenvalue weighted by Crippen LogP contribution is 2.39. The van der Waals surface area contributed by atoms with Crippen LogP contribution < -0.4 is 4.74 Å². The number of benzene rings is 1. The van der Waals surface area contributed by atoms with E-state index in [-0.39, 0.29) is 22.8 Å². The van der Waals surface area contributed by atoms with Crippen LogP contribution in [0.25, 0.3) is 0 Å². The molecule has 0 amide bonds. The summed E-state index contributed by atoms with van der Waals surface area (Å²) in [5, 5.41) is 19.0. The third-order valence-electron chi connectivity index (χ3n) is 3.84. The number of nitriles is 1. The number of nitrogens with zero attached hydrogens (tertiary/aromatic N) is 1. The van der Waals surface area contributed by atoms with E-state index in [1.165, 1.54) is 6.92 Å². The zero-order valence-electron chi connectivity index (χ0n) is 14.0. The van der Waals surface area contributed by atoms with E-state index in [9.17, 15) is 22.3 Å². The monoisotopic (exact) mass is 361 g/mol. The third-order valence-corrected chi connectivity index (χ3v) is 4.99. The molecule has 1 aromatic carbocycles. The number of halogens is 2. The summed E-state index contributed by atoms with van der Waals surface area (Å²) in [4.78, 5) is -0.362. The van der Waals surface area contributed by atoms with Crippen molar-refractivity contribution in [1.82, 2.24) is 0 Å². The van der Waals surface area contributed by atoms with Crippen molar-refractivity contribution in [2.24, 2.45) is 5.41 Å². The van der Waals surface area contributed by atoms with E-state index in [4.69, 9.17) is 10.00 Å². The van der Waals surface area contributed by atoms with Crippen LogP contribution in [-0.4, -0.2) is 26.4 Å². The molecule has 0 fully saturated rings. The number of hydrogen-bond donors (Lipinski definition) is 1. The van der Waals surface area contributed by atoms with Crippen LogP contribution in [0.15, 0.2) is 17.0 Å². The van der Waals surface area contributed by atoms with Crippen molar-refractivity contribution in [3.63, 3.8) is 0 Å². The lowest BCUT2D eigenvalue weighted by atomic mass is 9.91. The highest BCUT2D eigenvalue weighted by atomic mass is 32.2. The summed E-state index contributed by atoms with van der Waals surface area (Å²) in [6.07, 6.45) is -3.12. The summed E-state index contributed by atoms with van der Waals surface area (Å²) in [7, 11) is -3.81. The van der Waals surface area contributed by atoms with Crippen LogP contribution in [0.5, 0.6) is 5.75 Å². The Bertz CT molecular complexity index is 741. The Labute approximate surface area is 140 Å². The van der Waals surface area contributed by atoms with Crippen molar-refractivity contribution in [3.8, 4) is 11.8 Å². The lowest BCUT2D eigenvalue weighted by molar-refractivity contribution is 0.128. The second kappa shape index (κ2) is 7.45. The van der Waals surface area contributed by atoms with Crippen LogP contribution in [0.4, 0.5) is 8.78 Å². The Kier molecular flexibility index (Phi) is 6.31. The van der Waals surface area contributed by atoms with E-state index in [1.807, 2.05) is 0 Å². The molecule has 0 saturated carbocycles. The second-order valence-electron chi connectivity index (χ2n) is 5.95. The van der Waals surface area contributed by atoms with Gasteiger partial charge in [-0.25, -0.2) is 17.2 Å². The van der Waals surface area contributed by atoms with Gasteiger partial charge in [-0.05, 0) is 32.4 Å². The first kappa shape index (κ1) is 20.3. The molecule has 2 atom stereocenters. The van der Waals surface area contributed by atoms with E-state index in [2.05, 4.69) is 6.07 Å². The topological polar surface area (TPSA) is 87.4 Å². The fourth-order valence-electron chi connectivity index (χ4n) is 2.15. The predicted octanol–water partition coefficient (Wildman–Crippen LogP) is 3.40. The average Bonchev–Trinajstić information content (AvgIpc) is 2.50. The predicted molar refractivity (Wildman–Crippen MR) is 84.6 cm³/mol. The van der Waals surface area contributed by atoms with Crippen molar-refractivity contribution in [2.45, 2.75) is 44.6 Å². The van der Waals surface area contributed by atoms with Crippen LogP contribution >= 0.6 is 0 Å². The number of hydrogen-bond acceptors (Lipinski definition) is 5. The molecule has 1 rings (SSSR count). The van der Waals surface area contributed by atoms with Crippen molar-refractivity contribution in [2.75, 3.05) is 12.9 Å². The number of sulfone groups is 1. The van der Waals surface area contributed by atoms with Gasteiger partial charge in [0, 0.05) is 11.8 Å². The Morgan fingerprint density at radius 1 is 1.38 bits per heavy atom. The summed E-state index contributed by atoms with van der Waals surface area (Å²) < 4.78 is 56.1. The molecule has 0 aliphatic carbocycles. The van der Waals surface area contributed by atoms with Crippen molar-refractivity contribution >= 4 is 9.84 Å². The molecule has 5 nitrogen and oxygen atoms in total. The van der Waals surface area contributed by atoms with Gasteiger partial charge in [0.1, 0.15) is 12.4 Å². The van der Waals surface area contributed by atoms with Gasteiger partial charge < -0.3 is 9.84 Å². The molecule has 0 aliphatic heterocycles. The molecule has 134 valence electrons. The van der Waals surface area contributed by atoms with Crippen LogP contribution in [0.3, 0.4) is 0 Å². The lowest BCUT2D eigenvalue weighted by Gasteiger charge is -2.23. The van der Waals surface area contributed by atoms with Crippen LogP contribution in [0, 0.1) is 16.7 Å². The molecule has 0 aliphatic rings. The quantitative estimate of drug-likeness (QED) is 0.804. The van der Waals surface area contributed by atoms with Crippen molar-refractivity contribution < 1.29 is 27.0 Å². The molecule has 0 radical (unpaired) electrons. The normalized spacial score (nSPS) is 15.6. The summed E-state index contributed by atoms with van der Waals surface area (Å²) in [6, 6.07) is 4.33. The molecule has 0 saturated heterocycles. The van der Waals surface area contributed by atoms with E-state index < -0.39 is 33.3 Å². The third kappa shape index (κ3) is 4.42. The molecule has 0 aromatic heterocycles. The molecular weight excluding hydrogens is 340 g/mol. The number of rotatable bonds is 7. The van der Waals surface area contributed by atoms with Gasteiger partial charge in [0.05, 0.1) is 28.0 Å². The Morgan fingerprint density at radius 3 is 2.33 bits per heavy atom. The SMILES string of the molecule is CCC(C)(C#N)COc1ccc(S(C)(=O)=O)c(C(C)O)c1C(F)F. The van der Waals surface area contributed by atoms with E-state index in [1.54, 1.807) is 13.8 Å². The first-order valence-corrected chi connectivity index (χ1v) is 9.23. The first-order chi connectivity index (χ1) is 11.0. The highest BCUT2D eigenvalue weighted by molar-refractivity contribution is 7.90. The van der Waals surface area contributed by atoms with Crippen LogP contribution in [-0.2, 0) is 9.84 Å². The highest BCUT2D eigenvalue weighted by Gasteiger charge is 2.30. The maximum absolute atomic E-state index is 13.5. The standard InChI is InChI=1S/C16H21F2NO4S/c1-5-16(3,8-19)9-23-11-6-7-12(24(4,21)22)13(10(2)20)14(11)15(17)18/h6-7,10,15,20H,5,9H2,1-4H3. The molecule has 24 heavy (non-hydrogen) atoms. The Balaban J connectivity index is 3.49. The van der Waals surface area contributed by atoms with E-state index in [0.717, 1.165) is 18.4 Å². The smallest absolute Gasteiger partial charge is 0.267 e.